The Balaban J connectivity index is 0.716. The van der Waals surface area contributed by atoms with Crippen molar-refractivity contribution < 1.29 is 32.6 Å². The Kier molecular flexibility index (Phi) is 13.1. The van der Waals surface area contributed by atoms with Gasteiger partial charge in [-0.1, -0.05) is 6.07 Å². The van der Waals surface area contributed by atoms with Crippen LogP contribution in [0.4, 0.5) is 26.0 Å². The van der Waals surface area contributed by atoms with Crippen LogP contribution >= 0.6 is 0 Å². The van der Waals surface area contributed by atoms with Crippen molar-refractivity contribution in [2.45, 2.75) is 95.7 Å². The number of alkyl halides is 2. The molecule has 9 rings (SSSR count). The topological polar surface area (TPSA) is 183 Å². The third-order valence-electron chi connectivity index (χ3n) is 13.2. The van der Waals surface area contributed by atoms with Gasteiger partial charge in [-0.05, 0) is 82.4 Å². The molecule has 4 aromatic heterocycles. The maximum absolute atomic E-state index is 14.3. The number of carbonyl (C=O) groups excluding carboxylic acids is 3. The number of nitrogens with zero attached hydrogens (tertiary/aromatic N) is 9. The Bertz CT molecular complexity index is 2550. The number of piperidine rings is 1. The van der Waals surface area contributed by atoms with Crippen molar-refractivity contribution in [3.63, 3.8) is 0 Å². The third kappa shape index (κ3) is 9.42. The van der Waals surface area contributed by atoms with Gasteiger partial charge in [0.1, 0.15) is 23.0 Å². The number of ketones is 2. The van der Waals surface area contributed by atoms with Gasteiger partial charge in [-0.3, -0.25) is 28.4 Å². The molecule has 2 N–H and O–H groups in total. The molecule has 5 aromatic rings. The van der Waals surface area contributed by atoms with Crippen LogP contribution in [0.5, 0.6) is 0 Å². The number of benzene rings is 1. The second-order valence-electron chi connectivity index (χ2n) is 17.5. The highest BCUT2D eigenvalue weighted by molar-refractivity contribution is 6.08. The summed E-state index contributed by atoms with van der Waals surface area (Å²) in [6.07, 6.45) is 8.60. The molecule has 64 heavy (non-hydrogen) atoms. The SMILES string of the molecule is Cc1nc2cccc(NCCCOC3CCN(CC4CCC(n5cc(NC(=O)c6cnn7ccc(N8CCOCC8)nc67)c(C(F)F)n5)CC4)CC3)c2c(=O)n1C1CCC(=O)CC1=O. The highest BCUT2D eigenvalue weighted by Gasteiger charge is 2.32. The molecule has 2 saturated carbocycles. The number of likely N-dealkylation sites (tertiary alicyclic amines) is 1. The number of aromatic nitrogens is 7. The molecule has 4 aliphatic rings. The van der Waals surface area contributed by atoms with Gasteiger partial charge in [-0.25, -0.2) is 23.3 Å². The summed E-state index contributed by atoms with van der Waals surface area (Å²) in [6.45, 7) is 8.31. The van der Waals surface area contributed by atoms with Gasteiger partial charge >= 0.3 is 0 Å². The van der Waals surface area contributed by atoms with Gasteiger partial charge in [0.05, 0.1) is 60.6 Å². The second-order valence-corrected chi connectivity index (χ2v) is 17.5. The second kappa shape index (κ2) is 19.2. The predicted molar refractivity (Wildman–Crippen MR) is 234 cm³/mol. The van der Waals surface area contributed by atoms with Crippen LogP contribution in [-0.2, 0) is 19.1 Å². The van der Waals surface area contributed by atoms with Gasteiger partial charge < -0.3 is 29.9 Å². The van der Waals surface area contributed by atoms with E-state index in [4.69, 9.17) is 9.47 Å². The van der Waals surface area contributed by atoms with Crippen molar-refractivity contribution in [2.24, 2.45) is 5.92 Å². The summed E-state index contributed by atoms with van der Waals surface area (Å²) in [5.41, 5.74) is 1.02. The van der Waals surface area contributed by atoms with E-state index in [1.54, 1.807) is 23.9 Å². The summed E-state index contributed by atoms with van der Waals surface area (Å²) in [4.78, 5) is 65.7. The zero-order valence-corrected chi connectivity index (χ0v) is 36.1. The molecule has 0 bridgehead atoms. The van der Waals surface area contributed by atoms with E-state index < -0.39 is 24.1 Å². The van der Waals surface area contributed by atoms with E-state index in [1.165, 1.54) is 21.5 Å². The van der Waals surface area contributed by atoms with E-state index in [1.807, 2.05) is 18.2 Å². The Hall–Kier alpha value is -5.66. The number of Topliss-reactive ketones (excluding diaryl/α,β-unsaturated/α-hetero) is 2. The molecule has 19 heteroatoms. The fraction of sp³-hybridized carbons (Fsp3) is 0.556. The van der Waals surface area contributed by atoms with Crippen molar-refractivity contribution >= 4 is 51.2 Å². The van der Waals surface area contributed by atoms with E-state index >= 15 is 0 Å². The molecular formula is C45H55F2N11O6. The Morgan fingerprint density at radius 1 is 0.969 bits per heavy atom. The summed E-state index contributed by atoms with van der Waals surface area (Å²) < 4.78 is 44.8. The number of fused-ring (bicyclic) bond motifs is 2. The summed E-state index contributed by atoms with van der Waals surface area (Å²) in [7, 11) is 0. The van der Waals surface area contributed by atoms with Crippen molar-refractivity contribution in [2.75, 3.05) is 74.6 Å². The Labute approximate surface area is 368 Å². The van der Waals surface area contributed by atoms with Gasteiger partial charge in [0.25, 0.3) is 17.9 Å². The summed E-state index contributed by atoms with van der Waals surface area (Å²) >= 11 is 0. The molecule has 6 heterocycles. The van der Waals surface area contributed by atoms with E-state index in [2.05, 4.69) is 40.6 Å². The van der Waals surface area contributed by atoms with Crippen LogP contribution in [0.3, 0.4) is 0 Å². The van der Waals surface area contributed by atoms with Crippen molar-refractivity contribution in [3.8, 4) is 0 Å². The largest absolute Gasteiger partial charge is 0.384 e. The van der Waals surface area contributed by atoms with E-state index in [9.17, 15) is 28.0 Å². The number of anilines is 3. The zero-order chi connectivity index (χ0) is 44.3. The lowest BCUT2D eigenvalue weighted by Crippen LogP contribution is -2.40. The molecule has 2 aliphatic carbocycles. The summed E-state index contributed by atoms with van der Waals surface area (Å²) in [5.74, 6) is 0.752. The summed E-state index contributed by atoms with van der Waals surface area (Å²) in [6, 6.07) is 6.62. The number of morpholine rings is 1. The first-order valence-corrected chi connectivity index (χ1v) is 22.6. The summed E-state index contributed by atoms with van der Waals surface area (Å²) in [5, 5.41) is 15.0. The normalized spacial score (nSPS) is 21.6. The van der Waals surface area contributed by atoms with Crippen LogP contribution in [0.2, 0.25) is 0 Å². The standard InChI is InChI=1S/C45H55F2N11O6/c1-28-50-35-5-2-4-34(40(35)45(62)58(28)37-11-10-31(59)24-38(37)60)48-15-3-21-64-32-12-16-54(17-13-32)26-29-6-8-30(9-7-29)57-27-36(41(53-57)42(46)47)51-44(61)33-25-49-56-18-14-39(52-43(33)56)55-19-22-63-23-20-55/h2,4-5,14,18,25,27,29-30,32,37,42,48H,3,6-13,15-17,19-24,26H2,1H3,(H,51,61). The van der Waals surface area contributed by atoms with Crippen LogP contribution in [0.15, 0.2) is 47.7 Å². The number of ether oxygens (including phenoxy) is 2. The lowest BCUT2D eigenvalue weighted by Gasteiger charge is -2.36. The van der Waals surface area contributed by atoms with Crippen LogP contribution < -0.4 is 21.1 Å². The first kappa shape index (κ1) is 43.6. The molecule has 0 radical (unpaired) electrons. The molecule has 0 spiro atoms. The van der Waals surface area contributed by atoms with Gasteiger partial charge in [0, 0.05) is 70.4 Å². The third-order valence-corrected chi connectivity index (χ3v) is 13.2. The predicted octanol–water partition coefficient (Wildman–Crippen LogP) is 5.55. The van der Waals surface area contributed by atoms with Crippen LogP contribution in [0.1, 0.15) is 105 Å². The highest BCUT2D eigenvalue weighted by Crippen LogP contribution is 2.36. The molecule has 1 unspecified atom stereocenters. The van der Waals surface area contributed by atoms with Gasteiger partial charge in [0.15, 0.2) is 17.1 Å². The molecule has 4 fully saturated rings. The van der Waals surface area contributed by atoms with E-state index in [-0.39, 0.29) is 53.4 Å². The average Bonchev–Trinajstić information content (AvgIpc) is 3.93. The van der Waals surface area contributed by atoms with Crippen LogP contribution in [0, 0.1) is 12.8 Å². The molecule has 1 amide bonds. The van der Waals surface area contributed by atoms with Crippen LogP contribution in [0.25, 0.3) is 16.6 Å². The first-order chi connectivity index (χ1) is 31.1. The Morgan fingerprint density at radius 3 is 2.53 bits per heavy atom. The smallest absolute Gasteiger partial charge is 0.284 e. The molecule has 2 saturated heterocycles. The van der Waals surface area contributed by atoms with Crippen molar-refractivity contribution in [3.05, 3.63) is 70.3 Å². The van der Waals surface area contributed by atoms with Crippen molar-refractivity contribution in [1.29, 1.82) is 0 Å². The molecule has 2 aliphatic heterocycles. The number of amides is 1. The number of halogens is 2. The number of aryl methyl sites for hydroxylation is 1. The van der Waals surface area contributed by atoms with E-state index in [0.29, 0.717) is 85.7 Å². The van der Waals surface area contributed by atoms with Crippen LogP contribution in [-0.4, -0.2) is 121 Å². The highest BCUT2D eigenvalue weighted by atomic mass is 19.3. The fourth-order valence-corrected chi connectivity index (χ4v) is 9.79. The minimum absolute atomic E-state index is 0.00869. The number of hydrogen-bond donors (Lipinski definition) is 2. The monoisotopic (exact) mass is 883 g/mol. The number of rotatable bonds is 14. The van der Waals surface area contributed by atoms with Crippen molar-refractivity contribution in [1.82, 2.24) is 38.8 Å². The minimum atomic E-state index is -2.86. The molecular weight excluding hydrogens is 829 g/mol. The maximum atomic E-state index is 14.3. The first-order valence-electron chi connectivity index (χ1n) is 22.6. The quantitative estimate of drug-likeness (QED) is 0.105. The lowest BCUT2D eigenvalue weighted by atomic mass is 9.85. The molecule has 17 nitrogen and oxygen atoms in total. The van der Waals surface area contributed by atoms with Gasteiger partial charge in [-0.15, -0.1) is 0 Å². The molecule has 1 aromatic carbocycles. The molecule has 340 valence electrons. The van der Waals surface area contributed by atoms with Gasteiger partial charge in [-0.2, -0.15) is 10.2 Å². The fourth-order valence-electron chi connectivity index (χ4n) is 9.79. The Morgan fingerprint density at radius 2 is 1.77 bits per heavy atom. The maximum Gasteiger partial charge on any atom is 0.284 e. The zero-order valence-electron chi connectivity index (χ0n) is 36.1. The minimum Gasteiger partial charge on any atom is -0.384 e. The van der Waals surface area contributed by atoms with E-state index in [0.717, 1.165) is 64.6 Å². The van der Waals surface area contributed by atoms with Gasteiger partial charge in [0.2, 0.25) is 0 Å². The average molecular weight is 884 g/mol. The number of carbonyl (C=O) groups is 3. The lowest BCUT2D eigenvalue weighted by molar-refractivity contribution is -0.132. The number of nitrogens with one attached hydrogen (secondary N) is 2. The number of hydrogen-bond acceptors (Lipinski definition) is 13. The molecule has 1 atom stereocenters.